The topological polar surface area (TPSA) is 64.6 Å². The van der Waals surface area contributed by atoms with Crippen molar-refractivity contribution in [2.75, 3.05) is 11.6 Å². The first-order chi connectivity index (χ1) is 12.0. The summed E-state index contributed by atoms with van der Waals surface area (Å²) in [6.45, 7) is 0. The van der Waals surface area contributed by atoms with Crippen LogP contribution >= 0.6 is 0 Å². The van der Waals surface area contributed by atoms with Crippen molar-refractivity contribution in [2.45, 2.75) is 36.4 Å². The molecule has 25 heavy (non-hydrogen) atoms. The van der Waals surface area contributed by atoms with Crippen LogP contribution < -0.4 is 14.8 Å². The van der Waals surface area contributed by atoms with Crippen LogP contribution in [0.15, 0.2) is 47.4 Å². The number of hydrogen-bond donors (Lipinski definition) is 1. The largest absolute Gasteiger partial charge is 0.448 e. The van der Waals surface area contributed by atoms with E-state index in [1.54, 1.807) is 36.6 Å². The van der Waals surface area contributed by atoms with Crippen molar-refractivity contribution in [3.8, 4) is 11.5 Å². The van der Waals surface area contributed by atoms with Gasteiger partial charge in [0.25, 0.3) is 11.7 Å². The molecule has 1 atom stereocenters. The fraction of sp³-hybridized carbons (Fsp3) is 0.316. The Bertz CT molecular complexity index is 841. The maximum atomic E-state index is 12.4. The van der Waals surface area contributed by atoms with Gasteiger partial charge in [0.1, 0.15) is 0 Å². The van der Waals surface area contributed by atoms with E-state index in [-0.39, 0.29) is 5.91 Å². The monoisotopic (exact) mass is 357 g/mol. The van der Waals surface area contributed by atoms with Gasteiger partial charge in [-0.15, -0.1) is 0 Å². The second-order valence-electron chi connectivity index (χ2n) is 6.42. The highest BCUT2D eigenvalue weighted by Gasteiger charge is 2.44. The molecule has 4 rings (SSSR count). The zero-order valence-electron chi connectivity index (χ0n) is 13.9. The number of benzene rings is 2. The highest BCUT2D eigenvalue weighted by molar-refractivity contribution is 7.84. The second kappa shape index (κ2) is 6.19. The predicted octanol–water partition coefficient (Wildman–Crippen LogP) is 3.72. The van der Waals surface area contributed by atoms with Crippen molar-refractivity contribution in [1.82, 2.24) is 0 Å². The summed E-state index contributed by atoms with van der Waals surface area (Å²) in [7, 11) is -1.05. The van der Waals surface area contributed by atoms with E-state index < -0.39 is 16.6 Å². The average Bonchev–Trinajstić information content (AvgIpc) is 3.20. The highest BCUT2D eigenvalue weighted by atomic mass is 32.2. The smallest absolute Gasteiger partial charge is 0.255 e. The van der Waals surface area contributed by atoms with Gasteiger partial charge in [-0.2, -0.15) is 0 Å². The summed E-state index contributed by atoms with van der Waals surface area (Å²) in [6.07, 6.45) is 5.62. The van der Waals surface area contributed by atoms with Crippen LogP contribution in [0.4, 0.5) is 5.69 Å². The third kappa shape index (κ3) is 3.14. The number of hydrogen-bond acceptors (Lipinski definition) is 4. The van der Waals surface area contributed by atoms with E-state index in [2.05, 4.69) is 5.32 Å². The van der Waals surface area contributed by atoms with Crippen LogP contribution in [-0.2, 0) is 10.8 Å². The molecular weight excluding hydrogens is 338 g/mol. The van der Waals surface area contributed by atoms with E-state index >= 15 is 0 Å². The molecule has 0 saturated heterocycles. The van der Waals surface area contributed by atoms with Crippen LogP contribution in [0.1, 0.15) is 36.0 Å². The van der Waals surface area contributed by atoms with Gasteiger partial charge in [0.05, 0.1) is 0 Å². The van der Waals surface area contributed by atoms with Crippen LogP contribution in [0.25, 0.3) is 0 Å². The number of amides is 1. The normalized spacial score (nSPS) is 18.3. The molecule has 6 heteroatoms. The molecule has 1 fully saturated rings. The van der Waals surface area contributed by atoms with Crippen molar-refractivity contribution >= 4 is 22.4 Å². The molecule has 1 spiro atoms. The SMILES string of the molecule is C[S@](=O)c1ccc(C(=O)Nc2ccc3c(c2)OC2(CCCC2)O3)cc1. The maximum Gasteiger partial charge on any atom is 0.255 e. The van der Waals surface area contributed by atoms with Gasteiger partial charge in [-0.1, -0.05) is 0 Å². The van der Waals surface area contributed by atoms with E-state index in [9.17, 15) is 9.00 Å². The number of carbonyl (C=O) groups is 1. The number of anilines is 1. The molecule has 130 valence electrons. The molecule has 5 nitrogen and oxygen atoms in total. The van der Waals surface area contributed by atoms with Gasteiger partial charge in [0.15, 0.2) is 11.5 Å². The Balaban J connectivity index is 1.48. The van der Waals surface area contributed by atoms with Crippen LogP contribution in [0.5, 0.6) is 11.5 Å². The van der Waals surface area contributed by atoms with Crippen LogP contribution in [0, 0.1) is 0 Å². The Hall–Kier alpha value is -2.34. The van der Waals surface area contributed by atoms with Crippen molar-refractivity contribution < 1.29 is 18.5 Å². The lowest BCUT2D eigenvalue weighted by Crippen LogP contribution is -2.34. The van der Waals surface area contributed by atoms with Crippen molar-refractivity contribution in [3.05, 3.63) is 48.0 Å². The van der Waals surface area contributed by atoms with Gasteiger partial charge in [-0.05, 0) is 49.2 Å². The third-order valence-corrected chi connectivity index (χ3v) is 5.54. The molecule has 1 N–H and O–H groups in total. The number of nitrogens with one attached hydrogen (secondary N) is 1. The maximum absolute atomic E-state index is 12.4. The van der Waals surface area contributed by atoms with Crippen molar-refractivity contribution in [3.63, 3.8) is 0 Å². The summed E-state index contributed by atoms with van der Waals surface area (Å²) in [6, 6.07) is 12.2. The molecule has 1 aliphatic heterocycles. The molecule has 1 heterocycles. The molecule has 1 amide bonds. The van der Waals surface area contributed by atoms with Crippen molar-refractivity contribution in [2.24, 2.45) is 0 Å². The standard InChI is InChI=1S/C19H19NO4S/c1-25(22)15-7-4-13(5-8-15)18(21)20-14-6-9-16-17(12-14)24-19(23-16)10-2-3-11-19/h4-9,12H,2-3,10-11H2,1H3,(H,20,21)/t25-/m0/s1. The third-order valence-electron chi connectivity index (χ3n) is 4.61. The minimum Gasteiger partial charge on any atom is -0.448 e. The van der Waals surface area contributed by atoms with Gasteiger partial charge in [0, 0.05) is 52.1 Å². The number of ether oxygens (including phenoxy) is 2. The molecule has 1 saturated carbocycles. The van der Waals surface area contributed by atoms with Crippen LogP contribution in [0.3, 0.4) is 0 Å². The highest BCUT2D eigenvalue weighted by Crippen LogP contribution is 2.47. The van der Waals surface area contributed by atoms with Crippen LogP contribution in [0.2, 0.25) is 0 Å². The lowest BCUT2D eigenvalue weighted by molar-refractivity contribution is -0.0716. The van der Waals surface area contributed by atoms with Crippen molar-refractivity contribution in [1.29, 1.82) is 0 Å². The van der Waals surface area contributed by atoms with Gasteiger partial charge in [0.2, 0.25) is 0 Å². The molecule has 0 aromatic heterocycles. The fourth-order valence-electron chi connectivity index (χ4n) is 3.29. The fourth-order valence-corrected chi connectivity index (χ4v) is 3.81. The molecule has 2 aromatic carbocycles. The van der Waals surface area contributed by atoms with Gasteiger partial charge in [-0.3, -0.25) is 9.00 Å². The average molecular weight is 357 g/mol. The summed E-state index contributed by atoms with van der Waals surface area (Å²) in [5.74, 6) is 0.685. The van der Waals surface area contributed by atoms with Gasteiger partial charge in [-0.25, -0.2) is 0 Å². The summed E-state index contributed by atoms with van der Waals surface area (Å²) in [5, 5.41) is 2.87. The summed E-state index contributed by atoms with van der Waals surface area (Å²) >= 11 is 0. The minimum absolute atomic E-state index is 0.220. The first-order valence-electron chi connectivity index (χ1n) is 8.32. The number of fused-ring (bicyclic) bond motifs is 1. The second-order valence-corrected chi connectivity index (χ2v) is 7.80. The quantitative estimate of drug-likeness (QED) is 0.909. The van der Waals surface area contributed by atoms with E-state index in [1.165, 1.54) is 0 Å². The van der Waals surface area contributed by atoms with Crippen LogP contribution in [-0.4, -0.2) is 22.2 Å². The lowest BCUT2D eigenvalue weighted by Gasteiger charge is -2.21. The predicted molar refractivity (Wildman–Crippen MR) is 95.6 cm³/mol. The first-order valence-corrected chi connectivity index (χ1v) is 9.87. The Morgan fingerprint density at radius 3 is 2.40 bits per heavy atom. The molecule has 0 bridgehead atoms. The van der Waals surface area contributed by atoms with E-state index in [1.807, 2.05) is 12.1 Å². The van der Waals surface area contributed by atoms with E-state index in [0.29, 0.717) is 21.9 Å². The molecule has 0 unspecified atom stereocenters. The summed E-state index contributed by atoms with van der Waals surface area (Å²) in [5.41, 5.74) is 1.17. The number of carbonyl (C=O) groups excluding carboxylic acids is 1. The molecular formula is C19H19NO4S. The van der Waals surface area contributed by atoms with E-state index in [0.717, 1.165) is 31.4 Å². The Morgan fingerprint density at radius 2 is 1.72 bits per heavy atom. The minimum atomic E-state index is -1.05. The summed E-state index contributed by atoms with van der Waals surface area (Å²) < 4.78 is 23.4. The number of rotatable bonds is 3. The Morgan fingerprint density at radius 1 is 1.04 bits per heavy atom. The Kier molecular flexibility index (Phi) is 4.00. The van der Waals surface area contributed by atoms with Gasteiger partial charge < -0.3 is 14.8 Å². The first kappa shape index (κ1) is 16.1. The molecule has 0 radical (unpaired) electrons. The molecule has 2 aromatic rings. The Labute approximate surface area is 148 Å². The zero-order chi connectivity index (χ0) is 17.4. The lowest BCUT2D eigenvalue weighted by atomic mass is 10.2. The summed E-state index contributed by atoms with van der Waals surface area (Å²) in [4.78, 5) is 13.1. The molecule has 2 aliphatic rings. The molecule has 1 aliphatic carbocycles. The van der Waals surface area contributed by atoms with Gasteiger partial charge >= 0.3 is 0 Å². The zero-order valence-corrected chi connectivity index (χ0v) is 14.7. The van der Waals surface area contributed by atoms with E-state index in [4.69, 9.17) is 9.47 Å².